The quantitative estimate of drug-likeness (QED) is 0.173. The smallest absolute Gasteiger partial charge is 0.343 e. The second kappa shape index (κ2) is 14.3. The Kier molecular flexibility index (Phi) is 11.4. The first-order valence-corrected chi connectivity index (χ1v) is 11.9. The third-order valence-corrected chi connectivity index (χ3v) is 5.42. The molecule has 180 valence electrons. The van der Waals surface area contributed by atoms with Gasteiger partial charge in [-0.3, -0.25) is 0 Å². The Labute approximate surface area is 196 Å². The van der Waals surface area contributed by atoms with E-state index in [1.165, 1.54) is 37.8 Å². The molecule has 0 heterocycles. The van der Waals surface area contributed by atoms with Crippen LogP contribution in [0.25, 0.3) is 0 Å². The van der Waals surface area contributed by atoms with Crippen LogP contribution in [-0.2, 0) is 4.74 Å². The molecular weight excluding hydrogens is 423 g/mol. The van der Waals surface area contributed by atoms with Crippen LogP contribution in [0.5, 0.6) is 11.5 Å². The molecule has 0 radical (unpaired) electrons. The van der Waals surface area contributed by atoms with Crippen molar-refractivity contribution in [1.82, 2.24) is 0 Å². The van der Waals surface area contributed by atoms with E-state index in [4.69, 9.17) is 14.2 Å². The van der Waals surface area contributed by atoms with Crippen LogP contribution in [0.4, 0.5) is 4.39 Å². The summed E-state index contributed by atoms with van der Waals surface area (Å²) in [4.78, 5) is 24.4. The lowest BCUT2D eigenvalue weighted by Crippen LogP contribution is -2.13. The maximum Gasteiger partial charge on any atom is 0.343 e. The average Bonchev–Trinajstić information content (AvgIpc) is 2.82. The van der Waals surface area contributed by atoms with E-state index < -0.39 is 17.8 Å². The zero-order chi connectivity index (χ0) is 24.1. The fraction of sp³-hybridized carbons (Fsp3) is 0.481. The fourth-order valence-electron chi connectivity index (χ4n) is 3.06. The Morgan fingerprint density at radius 3 is 2.21 bits per heavy atom. The van der Waals surface area contributed by atoms with Gasteiger partial charge in [0, 0.05) is 6.07 Å². The molecule has 33 heavy (non-hydrogen) atoms. The molecule has 6 heteroatoms. The highest BCUT2D eigenvalue weighted by molar-refractivity contribution is 5.92. The highest BCUT2D eigenvalue weighted by Crippen LogP contribution is 2.20. The number of carbonyl (C=O) groups is 2. The first-order valence-electron chi connectivity index (χ1n) is 11.9. The Morgan fingerprint density at radius 1 is 0.879 bits per heavy atom. The molecule has 0 saturated heterocycles. The van der Waals surface area contributed by atoms with E-state index in [1.807, 2.05) is 13.8 Å². The first kappa shape index (κ1) is 26.4. The second-order valence-corrected chi connectivity index (χ2v) is 8.28. The normalized spacial score (nSPS) is 11.6. The van der Waals surface area contributed by atoms with Gasteiger partial charge in [0.25, 0.3) is 0 Å². The van der Waals surface area contributed by atoms with Crippen molar-refractivity contribution in [3.63, 3.8) is 0 Å². The summed E-state index contributed by atoms with van der Waals surface area (Å²) in [7, 11) is 0. The molecule has 0 spiro atoms. The zero-order valence-electron chi connectivity index (χ0n) is 19.9. The third-order valence-electron chi connectivity index (χ3n) is 5.42. The Morgan fingerprint density at radius 2 is 1.55 bits per heavy atom. The molecule has 0 fully saturated rings. The van der Waals surface area contributed by atoms with Gasteiger partial charge in [0.2, 0.25) is 0 Å². The van der Waals surface area contributed by atoms with Gasteiger partial charge in [-0.05, 0) is 48.7 Å². The minimum Gasteiger partial charge on any atom is -0.494 e. The minimum atomic E-state index is -0.798. The van der Waals surface area contributed by atoms with Crippen molar-refractivity contribution < 1.29 is 28.2 Å². The molecule has 0 aliphatic heterocycles. The molecule has 0 saturated carbocycles. The van der Waals surface area contributed by atoms with Crippen molar-refractivity contribution >= 4 is 11.9 Å². The van der Waals surface area contributed by atoms with E-state index in [0.29, 0.717) is 17.9 Å². The van der Waals surface area contributed by atoms with Crippen LogP contribution in [0.3, 0.4) is 0 Å². The first-order chi connectivity index (χ1) is 15.9. The number of carbonyl (C=O) groups excluding carboxylic acids is 2. The van der Waals surface area contributed by atoms with Gasteiger partial charge in [0.05, 0.1) is 24.3 Å². The van der Waals surface area contributed by atoms with Gasteiger partial charge in [0.1, 0.15) is 17.3 Å². The van der Waals surface area contributed by atoms with E-state index in [0.717, 1.165) is 25.3 Å². The molecule has 0 aliphatic carbocycles. The summed E-state index contributed by atoms with van der Waals surface area (Å²) in [6, 6.07) is 10.3. The van der Waals surface area contributed by atoms with Gasteiger partial charge >= 0.3 is 11.9 Å². The van der Waals surface area contributed by atoms with Crippen molar-refractivity contribution in [2.75, 3.05) is 13.2 Å². The SMILES string of the molecule is CCCCCCCCOc1ccc(C(=O)Oc2ccc(C(=O)OC[C@@H](C)CC)c(F)c2)cc1. The molecule has 0 aliphatic rings. The standard InChI is InChI=1S/C27H35FO5/c1-4-6-7-8-9-10-17-31-22-13-11-21(12-14-22)26(29)33-23-15-16-24(25(28)18-23)27(30)32-19-20(3)5-2/h11-16,18,20H,4-10,17,19H2,1-3H3/t20-/m0/s1. The Hall–Kier alpha value is -2.89. The van der Waals surface area contributed by atoms with Crippen molar-refractivity contribution in [2.45, 2.75) is 65.7 Å². The van der Waals surface area contributed by atoms with Crippen molar-refractivity contribution in [3.8, 4) is 11.5 Å². The second-order valence-electron chi connectivity index (χ2n) is 8.28. The van der Waals surface area contributed by atoms with Gasteiger partial charge in [-0.15, -0.1) is 0 Å². The number of benzene rings is 2. The van der Waals surface area contributed by atoms with Crippen LogP contribution >= 0.6 is 0 Å². The molecule has 0 amide bonds. The molecule has 2 rings (SSSR count). The predicted molar refractivity (Wildman–Crippen MR) is 126 cm³/mol. The van der Waals surface area contributed by atoms with Gasteiger partial charge in [-0.1, -0.05) is 59.3 Å². The van der Waals surface area contributed by atoms with Crippen LogP contribution in [0.2, 0.25) is 0 Å². The molecule has 0 N–H and O–H groups in total. The number of ether oxygens (including phenoxy) is 3. The summed E-state index contributed by atoms with van der Waals surface area (Å²) in [5.74, 6) is -1.26. The third kappa shape index (κ3) is 9.24. The number of unbranched alkanes of at least 4 members (excludes halogenated alkanes) is 5. The molecular formula is C27H35FO5. The summed E-state index contributed by atoms with van der Waals surface area (Å²) in [6.45, 7) is 7.00. The highest BCUT2D eigenvalue weighted by atomic mass is 19.1. The minimum absolute atomic E-state index is 0.0133. The van der Waals surface area contributed by atoms with Crippen LogP contribution in [-0.4, -0.2) is 25.2 Å². The van der Waals surface area contributed by atoms with Crippen LogP contribution in [0.1, 0.15) is 86.4 Å². The van der Waals surface area contributed by atoms with Crippen LogP contribution in [0, 0.1) is 11.7 Å². The predicted octanol–water partition coefficient (Wildman–Crippen LogP) is 6.99. The number of hydrogen-bond donors (Lipinski definition) is 0. The summed E-state index contributed by atoms with van der Waals surface area (Å²) in [6.07, 6.45) is 8.01. The van der Waals surface area contributed by atoms with Crippen molar-refractivity contribution in [3.05, 3.63) is 59.4 Å². The van der Waals surface area contributed by atoms with E-state index >= 15 is 0 Å². The molecule has 5 nitrogen and oxygen atoms in total. The van der Waals surface area contributed by atoms with Crippen LogP contribution in [0.15, 0.2) is 42.5 Å². The maximum atomic E-state index is 14.3. The summed E-state index contributed by atoms with van der Waals surface area (Å²) in [5.41, 5.74) is 0.129. The Balaban J connectivity index is 1.83. The van der Waals surface area contributed by atoms with E-state index in [2.05, 4.69) is 6.92 Å². The lowest BCUT2D eigenvalue weighted by atomic mass is 10.1. The zero-order valence-corrected chi connectivity index (χ0v) is 19.9. The van der Waals surface area contributed by atoms with Gasteiger partial charge in [0.15, 0.2) is 0 Å². The van der Waals surface area contributed by atoms with Gasteiger partial charge < -0.3 is 14.2 Å². The van der Waals surface area contributed by atoms with Crippen molar-refractivity contribution in [1.29, 1.82) is 0 Å². The Bertz CT molecular complexity index is 879. The molecule has 0 aromatic heterocycles. The van der Waals surface area contributed by atoms with E-state index in [-0.39, 0.29) is 23.8 Å². The number of rotatable bonds is 14. The van der Waals surface area contributed by atoms with E-state index in [1.54, 1.807) is 24.3 Å². The topological polar surface area (TPSA) is 61.8 Å². The summed E-state index contributed by atoms with van der Waals surface area (Å²) >= 11 is 0. The average molecular weight is 459 g/mol. The molecule has 2 aromatic rings. The maximum absolute atomic E-state index is 14.3. The number of halogens is 1. The number of hydrogen-bond acceptors (Lipinski definition) is 5. The van der Waals surface area contributed by atoms with Gasteiger partial charge in [-0.2, -0.15) is 0 Å². The lowest BCUT2D eigenvalue weighted by Gasteiger charge is -2.11. The van der Waals surface area contributed by atoms with E-state index in [9.17, 15) is 14.0 Å². The molecule has 2 aromatic carbocycles. The summed E-state index contributed by atoms with van der Waals surface area (Å²) in [5, 5.41) is 0. The fourth-order valence-corrected chi connectivity index (χ4v) is 3.06. The monoisotopic (exact) mass is 458 g/mol. The molecule has 0 bridgehead atoms. The largest absolute Gasteiger partial charge is 0.494 e. The van der Waals surface area contributed by atoms with Gasteiger partial charge in [-0.25, -0.2) is 14.0 Å². The van der Waals surface area contributed by atoms with Crippen LogP contribution < -0.4 is 9.47 Å². The lowest BCUT2D eigenvalue weighted by molar-refractivity contribution is 0.0442. The summed E-state index contributed by atoms with van der Waals surface area (Å²) < 4.78 is 30.4. The highest BCUT2D eigenvalue weighted by Gasteiger charge is 2.17. The van der Waals surface area contributed by atoms with Crippen molar-refractivity contribution in [2.24, 2.45) is 5.92 Å². The number of esters is 2. The molecule has 1 atom stereocenters. The molecule has 0 unspecified atom stereocenters.